The largest absolute Gasteiger partial charge is 0.347 e. The normalized spacial score (nSPS) is 11.0. The summed E-state index contributed by atoms with van der Waals surface area (Å²) in [4.78, 5) is 12.3. The number of hydrogen-bond donors (Lipinski definition) is 1. The van der Waals surface area contributed by atoms with Gasteiger partial charge in [-0.25, -0.2) is 4.39 Å². The molecule has 0 radical (unpaired) electrons. The molecule has 21 heavy (non-hydrogen) atoms. The maximum Gasteiger partial charge on any atom is 0.268 e. The van der Waals surface area contributed by atoms with Crippen LogP contribution in [-0.4, -0.2) is 10.5 Å². The van der Waals surface area contributed by atoms with Gasteiger partial charge in [0.1, 0.15) is 11.5 Å². The molecule has 1 aromatic carbocycles. The number of benzene rings is 1. The fourth-order valence-corrected chi connectivity index (χ4v) is 3.25. The number of aryl methyl sites for hydroxylation is 1. The molecule has 0 aliphatic rings. The first kappa shape index (κ1) is 13.8. The highest BCUT2D eigenvalue weighted by atomic mass is 32.1. The molecule has 0 fully saturated rings. The van der Waals surface area contributed by atoms with Crippen molar-refractivity contribution in [1.82, 2.24) is 9.88 Å². The highest BCUT2D eigenvalue weighted by Crippen LogP contribution is 2.25. The first-order chi connectivity index (χ1) is 10.2. The Kier molecular flexibility index (Phi) is 3.75. The molecule has 2 aromatic heterocycles. The van der Waals surface area contributed by atoms with Crippen molar-refractivity contribution in [2.75, 3.05) is 0 Å². The summed E-state index contributed by atoms with van der Waals surface area (Å²) in [6.07, 6.45) is 0. The monoisotopic (exact) mass is 302 g/mol. The van der Waals surface area contributed by atoms with Crippen molar-refractivity contribution >= 4 is 27.5 Å². The lowest BCUT2D eigenvalue weighted by Crippen LogP contribution is -2.25. The number of aromatic nitrogens is 1. The lowest BCUT2D eigenvalue weighted by Gasteiger charge is -2.08. The smallest absolute Gasteiger partial charge is 0.268 e. The fraction of sp³-hybridized carbons (Fsp3) is 0.188. The standard InChI is InChI=1S/C16H15FN2OS/c1-2-19-13-6-7-21-15(13)9-14(19)16(20)18-10-11-4-3-5-12(17)8-11/h3-9H,2,10H2,1H3,(H,18,20). The Bertz CT molecular complexity index is 791. The molecule has 108 valence electrons. The highest BCUT2D eigenvalue weighted by Gasteiger charge is 2.15. The van der Waals surface area contributed by atoms with Crippen LogP contribution in [0.1, 0.15) is 23.0 Å². The van der Waals surface area contributed by atoms with Crippen molar-refractivity contribution in [2.24, 2.45) is 0 Å². The summed E-state index contributed by atoms with van der Waals surface area (Å²) in [6.45, 7) is 3.07. The zero-order valence-electron chi connectivity index (χ0n) is 11.6. The number of carbonyl (C=O) groups is 1. The minimum Gasteiger partial charge on any atom is -0.347 e. The van der Waals surface area contributed by atoms with Gasteiger partial charge in [0, 0.05) is 13.1 Å². The second-order valence-electron chi connectivity index (χ2n) is 4.76. The summed E-state index contributed by atoms with van der Waals surface area (Å²) >= 11 is 1.62. The minimum atomic E-state index is -0.292. The van der Waals surface area contributed by atoms with Gasteiger partial charge in [-0.3, -0.25) is 4.79 Å². The molecule has 0 aliphatic carbocycles. The van der Waals surface area contributed by atoms with Crippen LogP contribution in [0, 0.1) is 5.82 Å². The Hall–Kier alpha value is -2.14. The summed E-state index contributed by atoms with van der Waals surface area (Å²) in [5.41, 5.74) is 2.48. The molecule has 5 heteroatoms. The summed E-state index contributed by atoms with van der Waals surface area (Å²) in [6, 6.07) is 10.2. The van der Waals surface area contributed by atoms with E-state index < -0.39 is 0 Å². The van der Waals surface area contributed by atoms with E-state index >= 15 is 0 Å². The molecule has 1 N–H and O–H groups in total. The van der Waals surface area contributed by atoms with E-state index in [1.54, 1.807) is 23.5 Å². The van der Waals surface area contributed by atoms with E-state index in [1.807, 2.05) is 29.0 Å². The van der Waals surface area contributed by atoms with E-state index in [4.69, 9.17) is 0 Å². The van der Waals surface area contributed by atoms with Crippen molar-refractivity contribution in [3.63, 3.8) is 0 Å². The molecule has 3 rings (SSSR count). The van der Waals surface area contributed by atoms with E-state index in [9.17, 15) is 9.18 Å². The third-order valence-electron chi connectivity index (χ3n) is 3.41. The van der Waals surface area contributed by atoms with Crippen molar-refractivity contribution in [3.8, 4) is 0 Å². The SMILES string of the molecule is CCn1c(C(=O)NCc2cccc(F)c2)cc2sccc21. The molecule has 0 unspecified atom stereocenters. The second-order valence-corrected chi connectivity index (χ2v) is 5.70. The number of nitrogens with one attached hydrogen (secondary N) is 1. The number of nitrogens with zero attached hydrogens (tertiary/aromatic N) is 1. The maximum atomic E-state index is 13.1. The van der Waals surface area contributed by atoms with Crippen LogP contribution in [-0.2, 0) is 13.1 Å². The Morgan fingerprint density at radius 3 is 2.95 bits per heavy atom. The molecule has 1 amide bonds. The molecule has 0 saturated carbocycles. The van der Waals surface area contributed by atoms with Gasteiger partial charge >= 0.3 is 0 Å². The van der Waals surface area contributed by atoms with Crippen LogP contribution in [0.3, 0.4) is 0 Å². The summed E-state index contributed by atoms with van der Waals surface area (Å²) in [5, 5.41) is 4.87. The molecule has 0 atom stereocenters. The molecule has 3 nitrogen and oxygen atoms in total. The number of amides is 1. The first-order valence-corrected chi connectivity index (χ1v) is 7.66. The number of hydrogen-bond acceptors (Lipinski definition) is 2. The summed E-state index contributed by atoms with van der Waals surface area (Å²) in [5.74, 6) is -0.427. The molecule has 0 bridgehead atoms. The van der Waals surface area contributed by atoms with Crippen LogP contribution in [0.15, 0.2) is 41.8 Å². The zero-order chi connectivity index (χ0) is 14.8. The lowest BCUT2D eigenvalue weighted by molar-refractivity contribution is 0.0942. The summed E-state index contributed by atoms with van der Waals surface area (Å²) in [7, 11) is 0. The van der Waals surface area contributed by atoms with Crippen molar-refractivity contribution in [1.29, 1.82) is 0 Å². The van der Waals surface area contributed by atoms with Crippen LogP contribution in [0.25, 0.3) is 10.2 Å². The number of rotatable bonds is 4. The van der Waals surface area contributed by atoms with E-state index in [2.05, 4.69) is 5.32 Å². The van der Waals surface area contributed by atoms with Crippen LogP contribution in [0.4, 0.5) is 4.39 Å². The van der Waals surface area contributed by atoms with E-state index in [0.29, 0.717) is 12.2 Å². The average Bonchev–Trinajstić information content (AvgIpc) is 3.05. The topological polar surface area (TPSA) is 34.0 Å². The van der Waals surface area contributed by atoms with Gasteiger partial charge in [-0.2, -0.15) is 0 Å². The van der Waals surface area contributed by atoms with Crippen LogP contribution < -0.4 is 5.32 Å². The molecule has 0 spiro atoms. The highest BCUT2D eigenvalue weighted by molar-refractivity contribution is 7.17. The van der Waals surface area contributed by atoms with Gasteiger partial charge in [0.05, 0.1) is 10.2 Å². The van der Waals surface area contributed by atoms with Gasteiger partial charge in [-0.05, 0) is 42.1 Å². The number of thiophene rings is 1. The van der Waals surface area contributed by atoms with Crippen LogP contribution in [0.2, 0.25) is 0 Å². The lowest BCUT2D eigenvalue weighted by atomic mass is 10.2. The molecular formula is C16H15FN2OS. The van der Waals surface area contributed by atoms with E-state index in [-0.39, 0.29) is 11.7 Å². The Labute approximate surface area is 126 Å². The summed E-state index contributed by atoms with van der Waals surface area (Å²) < 4.78 is 16.2. The Morgan fingerprint density at radius 2 is 2.19 bits per heavy atom. The van der Waals surface area contributed by atoms with Crippen molar-refractivity contribution in [2.45, 2.75) is 20.0 Å². The van der Waals surface area contributed by atoms with Crippen LogP contribution in [0.5, 0.6) is 0 Å². The quantitative estimate of drug-likeness (QED) is 0.781. The third kappa shape index (κ3) is 2.69. The fourth-order valence-electron chi connectivity index (χ4n) is 2.43. The maximum absolute atomic E-state index is 13.1. The molecule has 0 aliphatic heterocycles. The van der Waals surface area contributed by atoms with E-state index in [0.717, 1.165) is 22.3 Å². The van der Waals surface area contributed by atoms with Gasteiger partial charge in [0.25, 0.3) is 5.91 Å². The van der Waals surface area contributed by atoms with Gasteiger partial charge in [-0.15, -0.1) is 11.3 Å². The van der Waals surface area contributed by atoms with E-state index in [1.165, 1.54) is 12.1 Å². The average molecular weight is 302 g/mol. The Morgan fingerprint density at radius 1 is 1.33 bits per heavy atom. The minimum absolute atomic E-state index is 0.135. The van der Waals surface area contributed by atoms with Gasteiger partial charge in [-0.1, -0.05) is 12.1 Å². The third-order valence-corrected chi connectivity index (χ3v) is 4.27. The van der Waals surface area contributed by atoms with Gasteiger partial charge < -0.3 is 9.88 Å². The molecular weight excluding hydrogens is 287 g/mol. The molecule has 2 heterocycles. The molecule has 3 aromatic rings. The second kappa shape index (κ2) is 5.69. The van der Waals surface area contributed by atoms with Gasteiger partial charge in [0.2, 0.25) is 0 Å². The molecule has 0 saturated heterocycles. The van der Waals surface area contributed by atoms with Crippen LogP contribution >= 0.6 is 11.3 Å². The van der Waals surface area contributed by atoms with Gasteiger partial charge in [0.15, 0.2) is 0 Å². The Balaban J connectivity index is 1.79. The number of carbonyl (C=O) groups excluding carboxylic acids is 1. The van der Waals surface area contributed by atoms with Crippen molar-refractivity contribution < 1.29 is 9.18 Å². The number of fused-ring (bicyclic) bond motifs is 1. The number of halogens is 1. The first-order valence-electron chi connectivity index (χ1n) is 6.78. The zero-order valence-corrected chi connectivity index (χ0v) is 12.4. The predicted octanol–water partition coefficient (Wildman–Crippen LogP) is 3.79. The van der Waals surface area contributed by atoms with Crippen molar-refractivity contribution in [3.05, 3.63) is 58.9 Å². The predicted molar refractivity (Wildman–Crippen MR) is 83.1 cm³/mol.